The third-order valence-corrected chi connectivity index (χ3v) is 5.92. The molecule has 2 aliphatic heterocycles. The van der Waals surface area contributed by atoms with Crippen LogP contribution in [0.25, 0.3) is 0 Å². The van der Waals surface area contributed by atoms with Gasteiger partial charge in [0.2, 0.25) is 5.78 Å². The van der Waals surface area contributed by atoms with Crippen LogP contribution in [0.1, 0.15) is 57.9 Å². The van der Waals surface area contributed by atoms with Crippen LogP contribution in [0.5, 0.6) is 0 Å². The minimum atomic E-state index is -0.410. The molecule has 3 rings (SSSR count). The number of ketones is 1. The van der Waals surface area contributed by atoms with Crippen molar-refractivity contribution in [3.8, 4) is 0 Å². The zero-order chi connectivity index (χ0) is 19.4. The van der Waals surface area contributed by atoms with Crippen molar-refractivity contribution in [2.75, 3.05) is 31.1 Å². The van der Waals surface area contributed by atoms with Crippen LogP contribution in [-0.2, 0) is 9.59 Å². The number of fused-ring (bicyclic) bond motifs is 1. The molecule has 0 radical (unpaired) electrons. The summed E-state index contributed by atoms with van der Waals surface area (Å²) < 4.78 is 0. The van der Waals surface area contributed by atoms with Crippen LogP contribution in [-0.4, -0.2) is 54.9 Å². The summed E-state index contributed by atoms with van der Waals surface area (Å²) in [7, 11) is 0. The Morgan fingerprint density at radius 3 is 2.56 bits per heavy atom. The van der Waals surface area contributed by atoms with Gasteiger partial charge in [-0.3, -0.25) is 9.59 Å². The maximum absolute atomic E-state index is 12.9. The Bertz CT molecular complexity index is 665. The number of carbonyl (C=O) groups is 2. The van der Waals surface area contributed by atoms with E-state index in [4.69, 9.17) is 0 Å². The van der Waals surface area contributed by atoms with Crippen LogP contribution in [0.3, 0.4) is 0 Å². The second kappa shape index (κ2) is 8.87. The molecule has 27 heavy (non-hydrogen) atoms. The fourth-order valence-corrected chi connectivity index (χ4v) is 4.25. The van der Waals surface area contributed by atoms with Gasteiger partial charge < -0.3 is 15.1 Å². The fourth-order valence-electron chi connectivity index (χ4n) is 4.25. The first-order valence-electron chi connectivity index (χ1n) is 10.4. The first kappa shape index (κ1) is 19.9. The second-order valence-corrected chi connectivity index (χ2v) is 8.16. The first-order chi connectivity index (χ1) is 13.0. The number of nitrogens with one attached hydrogen (secondary N) is 1. The lowest BCUT2D eigenvalue weighted by molar-refractivity contribution is -0.139. The van der Waals surface area contributed by atoms with Gasteiger partial charge >= 0.3 is 0 Å². The van der Waals surface area contributed by atoms with Gasteiger partial charge in [0.05, 0.1) is 5.92 Å². The number of carbonyl (C=O) groups excluding carboxylic acids is 2. The van der Waals surface area contributed by atoms with Gasteiger partial charge in [-0.15, -0.1) is 0 Å². The molecule has 0 spiro atoms. The molecular formula is C22H33N3O2. The Hall–Kier alpha value is -1.88. The van der Waals surface area contributed by atoms with E-state index in [9.17, 15) is 9.59 Å². The molecule has 1 aromatic carbocycles. The Labute approximate surface area is 163 Å². The average Bonchev–Trinajstić information content (AvgIpc) is 3.07. The molecule has 1 atom stereocenters. The maximum Gasteiger partial charge on any atom is 0.288 e. The zero-order valence-electron chi connectivity index (χ0n) is 16.9. The van der Waals surface area contributed by atoms with E-state index in [1.807, 2.05) is 24.3 Å². The monoisotopic (exact) mass is 371 g/mol. The van der Waals surface area contributed by atoms with Crippen LogP contribution in [0.15, 0.2) is 24.3 Å². The van der Waals surface area contributed by atoms with Crippen molar-refractivity contribution in [1.29, 1.82) is 0 Å². The van der Waals surface area contributed by atoms with Crippen molar-refractivity contribution in [3.63, 3.8) is 0 Å². The molecule has 2 aliphatic rings. The van der Waals surface area contributed by atoms with Crippen LogP contribution in [0, 0.1) is 0 Å². The summed E-state index contributed by atoms with van der Waals surface area (Å²) in [4.78, 5) is 30.2. The molecule has 1 saturated heterocycles. The van der Waals surface area contributed by atoms with Crippen LogP contribution in [0.2, 0.25) is 0 Å². The highest BCUT2D eigenvalue weighted by atomic mass is 16.2. The number of Topliss-reactive ketones (excluding diaryl/α,β-unsaturated/α-hetero) is 1. The fraction of sp³-hybridized carbons (Fsp3) is 0.636. The molecule has 1 aromatic rings. The van der Waals surface area contributed by atoms with E-state index < -0.39 is 5.91 Å². The van der Waals surface area contributed by atoms with E-state index in [2.05, 4.69) is 35.9 Å². The number of unbranched alkanes of at least 4 members (excludes halogenated alkanes) is 1. The van der Waals surface area contributed by atoms with E-state index in [0.717, 1.165) is 43.7 Å². The summed E-state index contributed by atoms with van der Waals surface area (Å²) >= 11 is 0. The number of rotatable bonds is 7. The molecular weight excluding hydrogens is 338 g/mol. The number of benzene rings is 1. The van der Waals surface area contributed by atoms with Crippen molar-refractivity contribution >= 4 is 17.4 Å². The lowest BCUT2D eigenvalue weighted by Crippen LogP contribution is -2.47. The highest BCUT2D eigenvalue weighted by Crippen LogP contribution is 2.37. The van der Waals surface area contributed by atoms with Crippen molar-refractivity contribution in [3.05, 3.63) is 29.8 Å². The minimum Gasteiger partial charge on any atom is -0.368 e. The predicted molar refractivity (Wildman–Crippen MR) is 109 cm³/mol. The summed E-state index contributed by atoms with van der Waals surface area (Å²) in [5, 5.41) is 3.01. The Morgan fingerprint density at radius 2 is 1.89 bits per heavy atom. The number of hydrogen-bond donors (Lipinski definition) is 1. The third kappa shape index (κ3) is 4.52. The molecule has 2 heterocycles. The summed E-state index contributed by atoms with van der Waals surface area (Å²) in [6, 6.07) is 8.41. The van der Waals surface area contributed by atoms with Gasteiger partial charge in [-0.05, 0) is 51.3 Å². The second-order valence-electron chi connectivity index (χ2n) is 8.16. The molecule has 0 aromatic heterocycles. The van der Waals surface area contributed by atoms with E-state index in [0.29, 0.717) is 12.6 Å². The lowest BCUT2D eigenvalue weighted by Gasteiger charge is -2.32. The van der Waals surface area contributed by atoms with Crippen molar-refractivity contribution in [2.45, 2.75) is 64.5 Å². The number of likely N-dealkylation sites (tertiary alicyclic amines) is 1. The third-order valence-electron chi connectivity index (χ3n) is 5.92. The Kier molecular flexibility index (Phi) is 6.53. The predicted octanol–water partition coefficient (Wildman–Crippen LogP) is 2.95. The van der Waals surface area contributed by atoms with E-state index >= 15 is 0 Å². The van der Waals surface area contributed by atoms with Gasteiger partial charge in [-0.2, -0.15) is 0 Å². The summed E-state index contributed by atoms with van der Waals surface area (Å²) in [5.41, 5.74) is 2.07. The van der Waals surface area contributed by atoms with Gasteiger partial charge in [-0.1, -0.05) is 31.5 Å². The van der Waals surface area contributed by atoms with Gasteiger partial charge in [-0.25, -0.2) is 0 Å². The smallest absolute Gasteiger partial charge is 0.288 e. The van der Waals surface area contributed by atoms with E-state index in [1.165, 1.54) is 12.8 Å². The van der Waals surface area contributed by atoms with Crippen molar-refractivity contribution in [2.24, 2.45) is 0 Å². The molecule has 0 saturated carbocycles. The van der Waals surface area contributed by atoms with Gasteiger partial charge in [0.25, 0.3) is 5.91 Å². The van der Waals surface area contributed by atoms with Crippen molar-refractivity contribution in [1.82, 2.24) is 10.2 Å². The number of nitrogens with zero attached hydrogens (tertiary/aromatic N) is 2. The molecule has 148 valence electrons. The minimum absolute atomic E-state index is 0.122. The van der Waals surface area contributed by atoms with Gasteiger partial charge in [0.15, 0.2) is 0 Å². The molecule has 1 amide bonds. The molecule has 0 bridgehead atoms. The molecule has 1 unspecified atom stereocenters. The number of hydrogen-bond acceptors (Lipinski definition) is 4. The summed E-state index contributed by atoms with van der Waals surface area (Å²) in [6.45, 7) is 10.2. The average molecular weight is 372 g/mol. The Morgan fingerprint density at radius 1 is 1.19 bits per heavy atom. The summed E-state index contributed by atoms with van der Waals surface area (Å²) in [5.74, 6) is -1.06. The van der Waals surface area contributed by atoms with Gasteiger partial charge in [0.1, 0.15) is 0 Å². The highest BCUT2D eigenvalue weighted by Gasteiger charge is 2.37. The highest BCUT2D eigenvalue weighted by molar-refractivity contribution is 6.38. The maximum atomic E-state index is 12.9. The Balaban J connectivity index is 1.58. The number of anilines is 1. The lowest BCUT2D eigenvalue weighted by atomic mass is 9.95. The van der Waals surface area contributed by atoms with Crippen molar-refractivity contribution < 1.29 is 9.59 Å². The summed E-state index contributed by atoms with van der Waals surface area (Å²) in [6.07, 6.45) is 4.30. The van der Waals surface area contributed by atoms with Crippen LogP contribution in [0.4, 0.5) is 5.69 Å². The normalized spacial score (nSPS) is 20.7. The van der Waals surface area contributed by atoms with Crippen LogP contribution >= 0.6 is 0 Å². The first-order valence-corrected chi connectivity index (χ1v) is 10.4. The van der Waals surface area contributed by atoms with E-state index in [-0.39, 0.29) is 17.7 Å². The largest absolute Gasteiger partial charge is 0.368 e. The molecule has 5 heteroatoms. The molecule has 1 N–H and O–H groups in total. The molecule has 1 fully saturated rings. The quantitative estimate of drug-likeness (QED) is 0.749. The van der Waals surface area contributed by atoms with E-state index in [1.54, 1.807) is 0 Å². The number of piperidine rings is 1. The zero-order valence-corrected chi connectivity index (χ0v) is 16.9. The topological polar surface area (TPSA) is 52.7 Å². The standard InChI is InChI=1S/C22H33N3O2/c1-4-5-12-24-13-10-17(11-14-24)23-22(27)21(26)19-15-25(16(2)3)20-9-7-6-8-18(19)20/h6-9,16-17,19H,4-5,10-15H2,1-3H3,(H,23,27). The molecule has 5 nitrogen and oxygen atoms in total. The number of amides is 1. The van der Waals surface area contributed by atoms with Gasteiger partial charge in [0, 0.05) is 37.4 Å². The molecule has 0 aliphatic carbocycles. The SMILES string of the molecule is CCCCN1CCC(NC(=O)C(=O)C2CN(C(C)C)c3ccccc32)CC1. The van der Waals surface area contributed by atoms with Crippen LogP contribution < -0.4 is 10.2 Å². The number of para-hydroxylation sites is 1.